The highest BCUT2D eigenvalue weighted by atomic mass is 16.5. The molecule has 1 aromatic carbocycles. The Kier molecular flexibility index (Phi) is 4.81. The average Bonchev–Trinajstić information content (AvgIpc) is 3.05. The number of rotatable bonds is 4. The topological polar surface area (TPSA) is 29.5 Å². The number of likely N-dealkylation sites (tertiary alicyclic amines) is 1. The van der Waals surface area contributed by atoms with Crippen LogP contribution in [0.5, 0.6) is 5.75 Å². The van der Waals surface area contributed by atoms with Crippen LogP contribution in [-0.4, -0.2) is 24.0 Å². The quantitative estimate of drug-likeness (QED) is 0.783. The summed E-state index contributed by atoms with van der Waals surface area (Å²) in [7, 11) is 0. The van der Waals surface area contributed by atoms with E-state index in [0.29, 0.717) is 12.5 Å². The zero-order chi connectivity index (χ0) is 15.4. The molecule has 0 aromatic heterocycles. The maximum absolute atomic E-state index is 12.8. The molecule has 0 spiro atoms. The SMILES string of the molecule is CCOc1ccc(C2CCCN2C(=O)C2CC=CCC2)cc1. The Hall–Kier alpha value is -1.77. The normalized spacial score (nSPS) is 24.5. The molecule has 1 fully saturated rings. The van der Waals surface area contributed by atoms with Crippen LogP contribution in [0.4, 0.5) is 0 Å². The first-order valence-corrected chi connectivity index (χ1v) is 8.48. The molecule has 2 atom stereocenters. The van der Waals surface area contributed by atoms with Gasteiger partial charge in [-0.1, -0.05) is 24.3 Å². The lowest BCUT2D eigenvalue weighted by atomic mass is 9.92. The minimum Gasteiger partial charge on any atom is -0.494 e. The fourth-order valence-corrected chi connectivity index (χ4v) is 3.58. The van der Waals surface area contributed by atoms with Crippen LogP contribution < -0.4 is 4.74 Å². The Labute approximate surface area is 133 Å². The Balaban J connectivity index is 1.72. The maximum Gasteiger partial charge on any atom is 0.226 e. The first-order chi connectivity index (χ1) is 10.8. The second-order valence-corrected chi connectivity index (χ2v) is 6.17. The van der Waals surface area contributed by atoms with Crippen molar-refractivity contribution in [2.75, 3.05) is 13.2 Å². The van der Waals surface area contributed by atoms with Gasteiger partial charge in [0.1, 0.15) is 5.75 Å². The number of amides is 1. The number of carbonyl (C=O) groups excluding carboxylic acids is 1. The highest BCUT2D eigenvalue weighted by Crippen LogP contribution is 2.35. The van der Waals surface area contributed by atoms with Gasteiger partial charge in [-0.15, -0.1) is 0 Å². The van der Waals surface area contributed by atoms with Crippen molar-refractivity contribution < 1.29 is 9.53 Å². The van der Waals surface area contributed by atoms with E-state index in [1.165, 1.54) is 5.56 Å². The van der Waals surface area contributed by atoms with Crippen LogP contribution in [0, 0.1) is 5.92 Å². The molecule has 1 heterocycles. The van der Waals surface area contributed by atoms with Crippen LogP contribution in [0.15, 0.2) is 36.4 Å². The first kappa shape index (κ1) is 15.1. The van der Waals surface area contributed by atoms with Gasteiger partial charge in [-0.25, -0.2) is 0 Å². The van der Waals surface area contributed by atoms with E-state index < -0.39 is 0 Å². The molecule has 3 nitrogen and oxygen atoms in total. The Bertz CT molecular complexity index is 535. The molecular formula is C19H25NO2. The highest BCUT2D eigenvalue weighted by Gasteiger charge is 2.33. The molecule has 1 saturated heterocycles. The van der Waals surface area contributed by atoms with Crippen molar-refractivity contribution in [2.24, 2.45) is 5.92 Å². The smallest absolute Gasteiger partial charge is 0.226 e. The monoisotopic (exact) mass is 299 g/mol. The zero-order valence-electron chi connectivity index (χ0n) is 13.3. The van der Waals surface area contributed by atoms with Gasteiger partial charge in [0.05, 0.1) is 12.6 Å². The minimum atomic E-state index is 0.188. The molecule has 22 heavy (non-hydrogen) atoms. The lowest BCUT2D eigenvalue weighted by molar-refractivity contribution is -0.136. The van der Waals surface area contributed by atoms with E-state index in [9.17, 15) is 4.79 Å². The fourth-order valence-electron chi connectivity index (χ4n) is 3.58. The number of benzene rings is 1. The predicted molar refractivity (Wildman–Crippen MR) is 87.8 cm³/mol. The van der Waals surface area contributed by atoms with Gasteiger partial charge in [0.2, 0.25) is 5.91 Å². The Morgan fingerprint density at radius 2 is 2.05 bits per heavy atom. The molecule has 118 valence electrons. The molecule has 0 bridgehead atoms. The van der Waals surface area contributed by atoms with Gasteiger partial charge in [-0.05, 0) is 56.7 Å². The molecule has 1 aromatic rings. The molecule has 3 heteroatoms. The van der Waals surface area contributed by atoms with Crippen LogP contribution in [0.2, 0.25) is 0 Å². The largest absolute Gasteiger partial charge is 0.494 e. The Morgan fingerprint density at radius 3 is 2.73 bits per heavy atom. The fraction of sp³-hybridized carbons (Fsp3) is 0.526. The second kappa shape index (κ2) is 6.99. The van der Waals surface area contributed by atoms with E-state index in [2.05, 4.69) is 29.2 Å². The molecule has 2 aliphatic rings. The number of hydrogen-bond donors (Lipinski definition) is 0. The molecule has 1 aliphatic carbocycles. The average molecular weight is 299 g/mol. The van der Waals surface area contributed by atoms with Crippen molar-refractivity contribution >= 4 is 5.91 Å². The van der Waals surface area contributed by atoms with Gasteiger partial charge < -0.3 is 9.64 Å². The van der Waals surface area contributed by atoms with Crippen molar-refractivity contribution in [3.63, 3.8) is 0 Å². The van der Waals surface area contributed by atoms with Crippen LogP contribution in [0.25, 0.3) is 0 Å². The summed E-state index contributed by atoms with van der Waals surface area (Å²) in [6.07, 6.45) is 9.48. The Morgan fingerprint density at radius 1 is 1.23 bits per heavy atom. The third kappa shape index (κ3) is 3.18. The summed E-state index contributed by atoms with van der Waals surface area (Å²) < 4.78 is 5.50. The first-order valence-electron chi connectivity index (χ1n) is 8.48. The molecule has 3 rings (SSSR count). The van der Waals surface area contributed by atoms with Gasteiger partial charge in [0.25, 0.3) is 0 Å². The number of carbonyl (C=O) groups is 1. The van der Waals surface area contributed by atoms with E-state index >= 15 is 0 Å². The summed E-state index contributed by atoms with van der Waals surface area (Å²) in [6, 6.07) is 8.50. The lowest BCUT2D eigenvalue weighted by Gasteiger charge is -2.29. The van der Waals surface area contributed by atoms with E-state index in [-0.39, 0.29) is 12.0 Å². The summed E-state index contributed by atoms with van der Waals surface area (Å²) >= 11 is 0. The van der Waals surface area contributed by atoms with E-state index in [1.807, 2.05) is 19.1 Å². The molecule has 0 N–H and O–H groups in total. The molecule has 1 aliphatic heterocycles. The summed E-state index contributed by atoms with van der Waals surface area (Å²) in [6.45, 7) is 3.57. The number of ether oxygens (including phenoxy) is 1. The van der Waals surface area contributed by atoms with Crippen LogP contribution in [0.3, 0.4) is 0 Å². The lowest BCUT2D eigenvalue weighted by Crippen LogP contribution is -2.36. The summed E-state index contributed by atoms with van der Waals surface area (Å²) in [5.74, 6) is 1.44. The van der Waals surface area contributed by atoms with Gasteiger partial charge in [0, 0.05) is 12.5 Å². The highest BCUT2D eigenvalue weighted by molar-refractivity contribution is 5.80. The minimum absolute atomic E-state index is 0.188. The molecule has 2 unspecified atom stereocenters. The van der Waals surface area contributed by atoms with Crippen molar-refractivity contribution in [2.45, 2.75) is 45.1 Å². The molecule has 0 saturated carbocycles. The van der Waals surface area contributed by atoms with Crippen molar-refractivity contribution in [3.8, 4) is 5.75 Å². The third-order valence-corrected chi connectivity index (χ3v) is 4.73. The summed E-state index contributed by atoms with van der Waals surface area (Å²) in [4.78, 5) is 14.9. The summed E-state index contributed by atoms with van der Waals surface area (Å²) in [5, 5.41) is 0. The van der Waals surface area contributed by atoms with Crippen LogP contribution in [0.1, 0.15) is 50.6 Å². The number of nitrogens with zero attached hydrogens (tertiary/aromatic N) is 1. The van der Waals surface area contributed by atoms with E-state index in [0.717, 1.165) is 44.4 Å². The van der Waals surface area contributed by atoms with Gasteiger partial charge in [-0.2, -0.15) is 0 Å². The zero-order valence-corrected chi connectivity index (χ0v) is 13.3. The van der Waals surface area contributed by atoms with Crippen LogP contribution in [-0.2, 0) is 4.79 Å². The molecule has 0 radical (unpaired) electrons. The van der Waals surface area contributed by atoms with Crippen molar-refractivity contribution in [1.82, 2.24) is 4.90 Å². The molecular weight excluding hydrogens is 274 g/mol. The number of hydrogen-bond acceptors (Lipinski definition) is 2. The van der Waals surface area contributed by atoms with Gasteiger partial charge >= 0.3 is 0 Å². The van der Waals surface area contributed by atoms with Gasteiger partial charge in [0.15, 0.2) is 0 Å². The van der Waals surface area contributed by atoms with E-state index in [1.54, 1.807) is 0 Å². The molecule has 1 amide bonds. The van der Waals surface area contributed by atoms with Crippen molar-refractivity contribution in [3.05, 3.63) is 42.0 Å². The summed E-state index contributed by atoms with van der Waals surface area (Å²) in [5.41, 5.74) is 1.24. The second-order valence-electron chi connectivity index (χ2n) is 6.17. The van der Waals surface area contributed by atoms with E-state index in [4.69, 9.17) is 4.74 Å². The number of allylic oxidation sites excluding steroid dienone is 2. The maximum atomic E-state index is 12.8. The predicted octanol–water partition coefficient (Wildman–Crippen LogP) is 4.11. The third-order valence-electron chi connectivity index (χ3n) is 4.73. The van der Waals surface area contributed by atoms with Crippen LogP contribution >= 0.6 is 0 Å². The van der Waals surface area contributed by atoms with Crippen molar-refractivity contribution in [1.29, 1.82) is 0 Å². The standard InChI is InChI=1S/C19H25NO2/c1-2-22-17-12-10-15(11-13-17)18-9-6-14-20(18)19(21)16-7-4-3-5-8-16/h3-4,10-13,16,18H,2,5-9,14H2,1H3. The van der Waals surface area contributed by atoms with Gasteiger partial charge in [-0.3, -0.25) is 4.79 Å².